The van der Waals surface area contributed by atoms with Crippen LogP contribution in [0, 0.1) is 12.7 Å². The summed E-state index contributed by atoms with van der Waals surface area (Å²) in [6.07, 6.45) is 1.63. The second-order valence-corrected chi connectivity index (χ2v) is 8.22. The van der Waals surface area contributed by atoms with Crippen molar-refractivity contribution in [3.63, 3.8) is 0 Å². The number of carbonyl (C=O) groups is 1. The molecule has 1 fully saturated rings. The number of rotatable bonds is 4. The van der Waals surface area contributed by atoms with Crippen LogP contribution in [-0.2, 0) is 0 Å². The molecule has 1 amide bonds. The number of anilines is 2. The zero-order valence-electron chi connectivity index (χ0n) is 18.0. The predicted octanol–water partition coefficient (Wildman–Crippen LogP) is 4.64. The van der Waals surface area contributed by atoms with Crippen molar-refractivity contribution in [2.75, 3.05) is 23.3 Å². The van der Waals surface area contributed by atoms with Gasteiger partial charge in [-0.1, -0.05) is 24.3 Å². The summed E-state index contributed by atoms with van der Waals surface area (Å²) in [7, 11) is 0. The van der Waals surface area contributed by atoms with Crippen LogP contribution < -0.4 is 15.5 Å². The Labute approximate surface area is 182 Å². The highest BCUT2D eigenvalue weighted by Crippen LogP contribution is 2.29. The van der Waals surface area contributed by atoms with Gasteiger partial charge in [0.15, 0.2) is 0 Å². The number of piperazine rings is 1. The molecule has 0 spiro atoms. The molecule has 2 heterocycles. The maximum Gasteiger partial charge on any atom is 0.257 e. The number of aromatic nitrogens is 1. The Hall–Kier alpha value is -3.25. The van der Waals surface area contributed by atoms with Crippen molar-refractivity contribution in [2.24, 2.45) is 0 Å². The van der Waals surface area contributed by atoms with E-state index in [1.54, 1.807) is 18.3 Å². The minimum Gasteiger partial charge on any atom is -0.354 e. The van der Waals surface area contributed by atoms with Crippen LogP contribution >= 0.6 is 0 Å². The fourth-order valence-electron chi connectivity index (χ4n) is 4.13. The Kier molecular flexibility index (Phi) is 6.00. The van der Waals surface area contributed by atoms with Gasteiger partial charge in [0, 0.05) is 37.1 Å². The maximum absolute atomic E-state index is 13.3. The monoisotopic (exact) mass is 418 g/mol. The number of nitrogens with one attached hydrogen (secondary N) is 2. The Morgan fingerprint density at radius 1 is 1.06 bits per heavy atom. The molecule has 2 aromatic carbocycles. The molecule has 0 saturated carbocycles. The normalized spacial score (nSPS) is 18.6. The fraction of sp³-hybridized carbons (Fsp3) is 0.280. The Morgan fingerprint density at radius 2 is 1.77 bits per heavy atom. The quantitative estimate of drug-likeness (QED) is 0.648. The van der Waals surface area contributed by atoms with Gasteiger partial charge >= 0.3 is 0 Å². The molecular weight excluding hydrogens is 391 g/mol. The van der Waals surface area contributed by atoms with Gasteiger partial charge in [0.2, 0.25) is 0 Å². The zero-order valence-corrected chi connectivity index (χ0v) is 18.0. The lowest BCUT2D eigenvalue weighted by atomic mass is 9.99. The van der Waals surface area contributed by atoms with Gasteiger partial charge in [-0.3, -0.25) is 4.79 Å². The molecule has 1 saturated heterocycles. The molecule has 0 aliphatic carbocycles. The lowest BCUT2D eigenvalue weighted by Gasteiger charge is -2.36. The predicted molar refractivity (Wildman–Crippen MR) is 123 cm³/mol. The van der Waals surface area contributed by atoms with E-state index in [0.29, 0.717) is 17.6 Å². The molecule has 1 aliphatic rings. The molecule has 2 atom stereocenters. The minimum atomic E-state index is -0.272. The van der Waals surface area contributed by atoms with E-state index in [0.717, 1.165) is 41.3 Å². The van der Waals surface area contributed by atoms with Crippen LogP contribution in [0.3, 0.4) is 0 Å². The van der Waals surface area contributed by atoms with Gasteiger partial charge in [-0.15, -0.1) is 0 Å². The first-order chi connectivity index (χ1) is 14.9. The Bertz CT molecular complexity index is 1060. The van der Waals surface area contributed by atoms with E-state index in [-0.39, 0.29) is 11.7 Å². The molecule has 31 heavy (non-hydrogen) atoms. The van der Waals surface area contributed by atoms with Crippen LogP contribution in [0.15, 0.2) is 60.8 Å². The van der Waals surface area contributed by atoms with Gasteiger partial charge in [0.1, 0.15) is 11.6 Å². The topological polar surface area (TPSA) is 57.3 Å². The Morgan fingerprint density at radius 3 is 2.42 bits per heavy atom. The maximum atomic E-state index is 13.3. The SMILES string of the molecule is Cc1c(NC(=O)c2ccc(N3C[C@@H](C)N[C@@H](C)C3)nc2)cccc1-c1ccc(F)cc1. The molecule has 3 aromatic rings. The van der Waals surface area contributed by atoms with Crippen molar-refractivity contribution in [3.05, 3.63) is 77.7 Å². The average molecular weight is 419 g/mol. The number of hydrogen-bond donors (Lipinski definition) is 2. The number of pyridine rings is 1. The fourth-order valence-corrected chi connectivity index (χ4v) is 4.13. The minimum absolute atomic E-state index is 0.208. The summed E-state index contributed by atoms with van der Waals surface area (Å²) in [5.41, 5.74) is 4.01. The van der Waals surface area contributed by atoms with Gasteiger partial charge in [0.25, 0.3) is 5.91 Å². The summed E-state index contributed by atoms with van der Waals surface area (Å²) in [5, 5.41) is 6.49. The van der Waals surface area contributed by atoms with Crippen molar-refractivity contribution in [3.8, 4) is 11.1 Å². The second kappa shape index (κ2) is 8.86. The van der Waals surface area contributed by atoms with E-state index in [4.69, 9.17) is 0 Å². The lowest BCUT2D eigenvalue weighted by Crippen LogP contribution is -2.54. The van der Waals surface area contributed by atoms with Gasteiger partial charge in [0.05, 0.1) is 5.56 Å². The number of amides is 1. The molecule has 6 heteroatoms. The average Bonchev–Trinajstić information content (AvgIpc) is 2.75. The van der Waals surface area contributed by atoms with E-state index in [1.165, 1.54) is 12.1 Å². The molecule has 4 rings (SSSR count). The van der Waals surface area contributed by atoms with Crippen LogP contribution in [-0.4, -0.2) is 36.1 Å². The number of nitrogens with zero attached hydrogens (tertiary/aromatic N) is 2. The van der Waals surface area contributed by atoms with Crippen molar-refractivity contribution < 1.29 is 9.18 Å². The van der Waals surface area contributed by atoms with Gasteiger partial charge < -0.3 is 15.5 Å². The van der Waals surface area contributed by atoms with Crippen LogP contribution in [0.1, 0.15) is 29.8 Å². The first kappa shape index (κ1) is 21.0. The number of halogens is 1. The summed E-state index contributed by atoms with van der Waals surface area (Å²) < 4.78 is 13.3. The summed E-state index contributed by atoms with van der Waals surface area (Å²) in [6, 6.07) is 16.6. The first-order valence-corrected chi connectivity index (χ1v) is 10.5. The van der Waals surface area contributed by atoms with Gasteiger partial charge in [-0.25, -0.2) is 9.37 Å². The zero-order chi connectivity index (χ0) is 22.0. The van der Waals surface area contributed by atoms with Crippen LogP contribution in [0.4, 0.5) is 15.9 Å². The van der Waals surface area contributed by atoms with Crippen molar-refractivity contribution >= 4 is 17.4 Å². The highest BCUT2D eigenvalue weighted by Gasteiger charge is 2.22. The van der Waals surface area contributed by atoms with E-state index in [2.05, 4.69) is 34.4 Å². The number of benzene rings is 2. The lowest BCUT2D eigenvalue weighted by molar-refractivity contribution is 0.102. The van der Waals surface area contributed by atoms with Crippen LogP contribution in [0.5, 0.6) is 0 Å². The highest BCUT2D eigenvalue weighted by molar-refractivity contribution is 6.05. The molecule has 2 N–H and O–H groups in total. The number of hydrogen-bond acceptors (Lipinski definition) is 4. The standard InChI is InChI=1S/C25H27FN4O/c1-16-14-30(15-17(2)28-16)24-12-9-20(13-27-24)25(31)29-23-6-4-5-22(18(23)3)19-7-10-21(26)11-8-19/h4-13,16-17,28H,14-15H2,1-3H3,(H,29,31)/t16-,17+. The molecule has 0 bridgehead atoms. The third-order valence-corrected chi connectivity index (χ3v) is 5.63. The van der Waals surface area contributed by atoms with Gasteiger partial charge in [-0.2, -0.15) is 0 Å². The number of carbonyl (C=O) groups excluding carboxylic acids is 1. The van der Waals surface area contributed by atoms with Crippen LogP contribution in [0.2, 0.25) is 0 Å². The van der Waals surface area contributed by atoms with Gasteiger partial charge in [-0.05, 0) is 67.8 Å². The third kappa shape index (κ3) is 4.75. The molecule has 5 nitrogen and oxygen atoms in total. The Balaban J connectivity index is 1.50. The van der Waals surface area contributed by atoms with Crippen molar-refractivity contribution in [1.29, 1.82) is 0 Å². The smallest absolute Gasteiger partial charge is 0.257 e. The summed E-state index contributed by atoms with van der Waals surface area (Å²) >= 11 is 0. The van der Waals surface area contributed by atoms with Crippen molar-refractivity contribution in [1.82, 2.24) is 10.3 Å². The second-order valence-electron chi connectivity index (χ2n) is 8.22. The summed E-state index contributed by atoms with van der Waals surface area (Å²) in [6.45, 7) is 8.04. The molecule has 1 aliphatic heterocycles. The molecular formula is C25H27FN4O. The largest absolute Gasteiger partial charge is 0.354 e. The van der Waals surface area contributed by atoms with E-state index in [9.17, 15) is 9.18 Å². The summed E-state index contributed by atoms with van der Waals surface area (Å²) in [4.78, 5) is 19.6. The van der Waals surface area contributed by atoms with E-state index >= 15 is 0 Å². The summed E-state index contributed by atoms with van der Waals surface area (Å²) in [5.74, 6) is 0.401. The molecule has 160 valence electrons. The first-order valence-electron chi connectivity index (χ1n) is 10.5. The molecule has 0 radical (unpaired) electrons. The van der Waals surface area contributed by atoms with Crippen LogP contribution in [0.25, 0.3) is 11.1 Å². The highest BCUT2D eigenvalue weighted by atomic mass is 19.1. The van der Waals surface area contributed by atoms with E-state index in [1.807, 2.05) is 37.3 Å². The molecule has 0 unspecified atom stereocenters. The third-order valence-electron chi connectivity index (χ3n) is 5.63. The van der Waals surface area contributed by atoms with Crippen molar-refractivity contribution in [2.45, 2.75) is 32.9 Å². The van der Waals surface area contributed by atoms with E-state index < -0.39 is 0 Å². The molecule has 1 aromatic heterocycles.